The summed E-state index contributed by atoms with van der Waals surface area (Å²) in [5.41, 5.74) is 1.67. The van der Waals surface area contributed by atoms with Gasteiger partial charge in [-0.25, -0.2) is 9.18 Å². The number of ether oxygens (including phenoxy) is 1. The Morgan fingerprint density at radius 3 is 2.93 bits per heavy atom. The van der Waals surface area contributed by atoms with E-state index in [9.17, 15) is 14.0 Å². The molecule has 1 aliphatic carbocycles. The van der Waals surface area contributed by atoms with Gasteiger partial charge in [-0.1, -0.05) is 11.6 Å². The van der Waals surface area contributed by atoms with E-state index in [-0.39, 0.29) is 28.7 Å². The number of hydrogen-bond donors (Lipinski definition) is 1. The van der Waals surface area contributed by atoms with Crippen molar-refractivity contribution in [2.45, 2.75) is 6.42 Å². The number of carbonyl (C=O) groups is 2. The Labute approximate surface area is 165 Å². The van der Waals surface area contributed by atoms with Crippen molar-refractivity contribution in [2.24, 2.45) is 5.92 Å². The lowest BCUT2D eigenvalue weighted by Crippen LogP contribution is -2.13. The normalized spacial score (nSPS) is 19.8. The molecule has 1 amide bonds. The lowest BCUT2D eigenvalue weighted by atomic mass is 9.92. The fourth-order valence-electron chi connectivity index (χ4n) is 3.29. The van der Waals surface area contributed by atoms with Crippen molar-refractivity contribution < 1.29 is 23.1 Å². The third-order valence-electron chi connectivity index (χ3n) is 4.69. The number of nitrogens with one attached hydrogen (secondary N) is 1. The van der Waals surface area contributed by atoms with Crippen molar-refractivity contribution in [3.05, 3.63) is 75.9 Å². The predicted octanol–water partition coefficient (Wildman–Crippen LogP) is 4.41. The van der Waals surface area contributed by atoms with Crippen molar-refractivity contribution in [2.75, 3.05) is 7.11 Å². The van der Waals surface area contributed by atoms with E-state index in [1.807, 2.05) is 0 Å². The lowest BCUT2D eigenvalue weighted by molar-refractivity contribution is -0.115. The number of allylic oxidation sites excluding steroid dienone is 4. The summed E-state index contributed by atoms with van der Waals surface area (Å²) in [7, 11) is 1.25. The second-order valence-electron chi connectivity index (χ2n) is 6.43. The smallest absolute Gasteiger partial charge is 0.337 e. The molecule has 2 heterocycles. The van der Waals surface area contributed by atoms with Gasteiger partial charge in [0, 0.05) is 22.2 Å². The van der Waals surface area contributed by atoms with Crippen LogP contribution in [0, 0.1) is 11.7 Å². The van der Waals surface area contributed by atoms with E-state index in [1.165, 1.54) is 25.3 Å². The number of benzene rings is 1. The number of rotatable bonds is 3. The van der Waals surface area contributed by atoms with Gasteiger partial charge in [-0.2, -0.15) is 0 Å². The zero-order valence-corrected chi connectivity index (χ0v) is 15.5. The number of carbonyl (C=O) groups excluding carboxylic acids is 2. The van der Waals surface area contributed by atoms with Crippen LogP contribution in [0.5, 0.6) is 0 Å². The number of furan rings is 1. The van der Waals surface area contributed by atoms with Crippen LogP contribution >= 0.6 is 11.6 Å². The van der Waals surface area contributed by atoms with Crippen LogP contribution in [0.1, 0.15) is 22.5 Å². The van der Waals surface area contributed by atoms with Gasteiger partial charge in [0.25, 0.3) is 5.91 Å². The minimum atomic E-state index is -0.570. The van der Waals surface area contributed by atoms with E-state index in [0.717, 1.165) is 5.70 Å². The monoisotopic (exact) mass is 399 g/mol. The summed E-state index contributed by atoms with van der Waals surface area (Å²) >= 11 is 6.10. The molecule has 1 atom stereocenters. The molecule has 142 valence electrons. The van der Waals surface area contributed by atoms with Crippen LogP contribution in [-0.2, 0) is 9.53 Å². The summed E-state index contributed by atoms with van der Waals surface area (Å²) in [6, 6.07) is 7.12. The van der Waals surface area contributed by atoms with Crippen molar-refractivity contribution in [3.63, 3.8) is 0 Å². The SMILES string of the molecule is COC(=O)c1ccc(F)c(-c2ccc(C=C3C(=O)NC4=CC=C(Cl)CC43)o2)c1. The van der Waals surface area contributed by atoms with Gasteiger partial charge in [0.1, 0.15) is 17.3 Å². The first kappa shape index (κ1) is 18.3. The molecule has 1 aromatic carbocycles. The van der Waals surface area contributed by atoms with E-state index in [4.69, 9.17) is 16.0 Å². The summed E-state index contributed by atoms with van der Waals surface area (Å²) in [6.45, 7) is 0. The van der Waals surface area contributed by atoms with Crippen LogP contribution in [0.25, 0.3) is 17.4 Å². The molecule has 1 saturated heterocycles. The maximum absolute atomic E-state index is 14.2. The fraction of sp³-hybridized carbons (Fsp3) is 0.143. The van der Waals surface area contributed by atoms with Gasteiger partial charge in [0.05, 0.1) is 18.2 Å². The highest BCUT2D eigenvalue weighted by Crippen LogP contribution is 2.37. The fourth-order valence-corrected chi connectivity index (χ4v) is 3.51. The molecule has 2 aromatic rings. The lowest BCUT2D eigenvalue weighted by Gasteiger charge is -2.14. The van der Waals surface area contributed by atoms with Gasteiger partial charge >= 0.3 is 5.97 Å². The Balaban J connectivity index is 1.67. The van der Waals surface area contributed by atoms with Crippen LogP contribution in [0.4, 0.5) is 4.39 Å². The Kier molecular flexibility index (Phi) is 4.65. The Hall–Kier alpha value is -3.12. The Morgan fingerprint density at radius 1 is 1.32 bits per heavy atom. The second kappa shape index (κ2) is 7.13. The quantitative estimate of drug-likeness (QED) is 0.613. The first-order chi connectivity index (χ1) is 13.5. The molecule has 0 bridgehead atoms. The standard InChI is InChI=1S/C21H15ClFNO4/c1-27-21(26)11-2-5-17(23)16(8-11)19-7-4-13(28-19)10-15-14-9-12(22)3-6-18(14)24-20(15)25/h2-8,10,14H,9H2,1H3,(H,24,25). The van der Waals surface area contributed by atoms with Gasteiger partial charge in [-0.3, -0.25) is 4.79 Å². The molecular weight excluding hydrogens is 385 g/mol. The highest BCUT2D eigenvalue weighted by molar-refractivity contribution is 6.30. The number of esters is 1. The number of methoxy groups -OCH3 is 1. The largest absolute Gasteiger partial charge is 0.465 e. The van der Waals surface area contributed by atoms with E-state index >= 15 is 0 Å². The third kappa shape index (κ3) is 3.27. The predicted molar refractivity (Wildman–Crippen MR) is 102 cm³/mol. The molecule has 1 aliphatic heterocycles. The summed E-state index contributed by atoms with van der Waals surface area (Å²) in [4.78, 5) is 24.0. The van der Waals surface area contributed by atoms with E-state index in [2.05, 4.69) is 10.1 Å². The Bertz CT molecular complexity index is 1080. The minimum absolute atomic E-state index is 0.132. The van der Waals surface area contributed by atoms with Crippen LogP contribution in [0.15, 0.2) is 63.2 Å². The first-order valence-corrected chi connectivity index (χ1v) is 8.91. The number of fused-ring (bicyclic) bond motifs is 1. The number of amides is 1. The van der Waals surface area contributed by atoms with E-state index < -0.39 is 11.8 Å². The minimum Gasteiger partial charge on any atom is -0.465 e. The molecule has 28 heavy (non-hydrogen) atoms. The third-order valence-corrected chi connectivity index (χ3v) is 4.97. The van der Waals surface area contributed by atoms with Gasteiger partial charge in [0.15, 0.2) is 0 Å². The average Bonchev–Trinajstić information content (AvgIpc) is 3.27. The zero-order valence-electron chi connectivity index (χ0n) is 14.8. The summed E-state index contributed by atoms with van der Waals surface area (Å²) in [5.74, 6) is -0.833. The summed E-state index contributed by atoms with van der Waals surface area (Å²) in [6.07, 6.45) is 5.71. The van der Waals surface area contributed by atoms with Crippen molar-refractivity contribution in [3.8, 4) is 11.3 Å². The molecule has 1 fully saturated rings. The molecule has 4 rings (SSSR count). The molecular formula is C21H15ClFNO4. The second-order valence-corrected chi connectivity index (χ2v) is 6.92. The molecule has 1 unspecified atom stereocenters. The summed E-state index contributed by atoms with van der Waals surface area (Å²) in [5, 5.41) is 3.48. The van der Waals surface area contributed by atoms with Gasteiger partial charge in [-0.05, 0) is 55.0 Å². The van der Waals surface area contributed by atoms with E-state index in [0.29, 0.717) is 22.8 Å². The van der Waals surface area contributed by atoms with Crippen molar-refractivity contribution in [1.82, 2.24) is 5.32 Å². The molecule has 1 aromatic heterocycles. The molecule has 5 nitrogen and oxygen atoms in total. The van der Waals surface area contributed by atoms with Crippen LogP contribution in [-0.4, -0.2) is 19.0 Å². The van der Waals surface area contributed by atoms with E-state index in [1.54, 1.807) is 30.4 Å². The average molecular weight is 400 g/mol. The number of halogens is 2. The van der Waals surface area contributed by atoms with Crippen LogP contribution in [0.2, 0.25) is 0 Å². The molecule has 0 spiro atoms. The maximum atomic E-state index is 14.2. The topological polar surface area (TPSA) is 68.5 Å². The first-order valence-electron chi connectivity index (χ1n) is 8.53. The molecule has 2 aliphatic rings. The zero-order chi connectivity index (χ0) is 19.8. The highest BCUT2D eigenvalue weighted by Gasteiger charge is 2.34. The molecule has 7 heteroatoms. The maximum Gasteiger partial charge on any atom is 0.337 e. The van der Waals surface area contributed by atoms with Gasteiger partial charge < -0.3 is 14.5 Å². The van der Waals surface area contributed by atoms with Crippen molar-refractivity contribution >= 4 is 29.6 Å². The van der Waals surface area contributed by atoms with Crippen molar-refractivity contribution in [1.29, 1.82) is 0 Å². The molecule has 1 N–H and O–H groups in total. The van der Waals surface area contributed by atoms with Crippen LogP contribution < -0.4 is 5.32 Å². The van der Waals surface area contributed by atoms with Crippen LogP contribution in [0.3, 0.4) is 0 Å². The molecule has 0 saturated carbocycles. The summed E-state index contributed by atoms with van der Waals surface area (Å²) < 4.78 is 24.6. The molecule has 0 radical (unpaired) electrons. The Morgan fingerprint density at radius 2 is 2.14 bits per heavy atom. The van der Waals surface area contributed by atoms with Gasteiger partial charge in [-0.15, -0.1) is 0 Å². The van der Waals surface area contributed by atoms with Gasteiger partial charge in [0.2, 0.25) is 0 Å². The number of hydrogen-bond acceptors (Lipinski definition) is 4. The highest BCUT2D eigenvalue weighted by atomic mass is 35.5.